The molecule has 1 fully saturated rings. The highest BCUT2D eigenvalue weighted by Gasteiger charge is 2.18. The van der Waals surface area contributed by atoms with Crippen molar-refractivity contribution in [1.82, 2.24) is 0 Å². The maximum Gasteiger partial charge on any atom is 0.00955 e. The second-order valence-electron chi connectivity index (χ2n) is 3.97. The molecule has 0 amide bonds. The summed E-state index contributed by atoms with van der Waals surface area (Å²) in [7, 11) is 0. The number of thioether (sulfide) groups is 1. The molecule has 1 aliphatic carbocycles. The van der Waals surface area contributed by atoms with E-state index in [0.717, 1.165) is 5.25 Å². The predicted molar refractivity (Wildman–Crippen MR) is 69.8 cm³/mol. The first-order valence-electron chi connectivity index (χ1n) is 5.32. The molecule has 2 rings (SSSR count). The molecule has 0 unspecified atom stereocenters. The van der Waals surface area contributed by atoms with Crippen LogP contribution < -0.4 is 5.73 Å². The van der Waals surface area contributed by atoms with Gasteiger partial charge in [-0.25, -0.2) is 0 Å². The van der Waals surface area contributed by atoms with Gasteiger partial charge in [-0.05, 0) is 37.8 Å². The van der Waals surface area contributed by atoms with Gasteiger partial charge >= 0.3 is 0 Å². The van der Waals surface area contributed by atoms with Crippen molar-refractivity contribution >= 4 is 24.2 Å². The topological polar surface area (TPSA) is 26.0 Å². The molecule has 1 nitrogen and oxygen atoms in total. The molecule has 1 aliphatic rings. The smallest absolute Gasteiger partial charge is 0.00955 e. The quantitative estimate of drug-likeness (QED) is 0.861. The summed E-state index contributed by atoms with van der Waals surface area (Å²) in [4.78, 5) is 1.40. The van der Waals surface area contributed by atoms with Crippen molar-refractivity contribution in [3.05, 3.63) is 30.3 Å². The first-order valence-corrected chi connectivity index (χ1v) is 6.20. The second-order valence-corrected chi connectivity index (χ2v) is 5.34. The van der Waals surface area contributed by atoms with Gasteiger partial charge in [-0.2, -0.15) is 0 Å². The summed E-state index contributed by atoms with van der Waals surface area (Å²) in [5.74, 6) is 0. The molecule has 0 aliphatic heterocycles. The SMILES string of the molecule is Cl.NC1CCC(Sc2ccccc2)CC1. The van der Waals surface area contributed by atoms with Gasteiger partial charge in [0.1, 0.15) is 0 Å². The van der Waals surface area contributed by atoms with Crippen LogP contribution in [0.2, 0.25) is 0 Å². The fraction of sp³-hybridized carbons (Fsp3) is 0.500. The third-order valence-electron chi connectivity index (χ3n) is 2.76. The molecule has 3 heteroatoms. The molecular formula is C12H18ClNS. The Morgan fingerprint density at radius 1 is 1.00 bits per heavy atom. The van der Waals surface area contributed by atoms with E-state index in [4.69, 9.17) is 5.73 Å². The predicted octanol–water partition coefficient (Wildman–Crippen LogP) is 3.47. The minimum Gasteiger partial charge on any atom is -0.328 e. The van der Waals surface area contributed by atoms with Gasteiger partial charge in [0, 0.05) is 16.2 Å². The zero-order chi connectivity index (χ0) is 9.80. The largest absolute Gasteiger partial charge is 0.328 e. The third kappa shape index (κ3) is 4.06. The van der Waals surface area contributed by atoms with Crippen molar-refractivity contribution < 1.29 is 0 Å². The minimum atomic E-state index is 0. The fourth-order valence-electron chi connectivity index (χ4n) is 1.90. The van der Waals surface area contributed by atoms with Gasteiger partial charge in [0.15, 0.2) is 0 Å². The van der Waals surface area contributed by atoms with Crippen LogP contribution in [0.1, 0.15) is 25.7 Å². The highest BCUT2D eigenvalue weighted by atomic mass is 35.5. The summed E-state index contributed by atoms with van der Waals surface area (Å²) in [6.45, 7) is 0. The molecule has 0 atom stereocenters. The van der Waals surface area contributed by atoms with Crippen molar-refractivity contribution in [1.29, 1.82) is 0 Å². The van der Waals surface area contributed by atoms with E-state index in [1.807, 2.05) is 11.8 Å². The van der Waals surface area contributed by atoms with Crippen molar-refractivity contribution in [2.24, 2.45) is 5.73 Å². The number of nitrogens with two attached hydrogens (primary N) is 1. The second kappa shape index (κ2) is 6.41. The molecule has 0 bridgehead atoms. The first-order chi connectivity index (χ1) is 6.84. The van der Waals surface area contributed by atoms with E-state index in [-0.39, 0.29) is 12.4 Å². The van der Waals surface area contributed by atoms with Gasteiger partial charge in [-0.1, -0.05) is 18.2 Å². The summed E-state index contributed by atoms with van der Waals surface area (Å²) in [5, 5.41) is 0.789. The van der Waals surface area contributed by atoms with Crippen molar-refractivity contribution in [3.63, 3.8) is 0 Å². The zero-order valence-electron chi connectivity index (χ0n) is 8.76. The van der Waals surface area contributed by atoms with Crippen LogP contribution in [0.25, 0.3) is 0 Å². The molecule has 0 saturated heterocycles. The molecule has 84 valence electrons. The van der Waals surface area contributed by atoms with Gasteiger partial charge in [0.2, 0.25) is 0 Å². The lowest BCUT2D eigenvalue weighted by Gasteiger charge is -2.25. The van der Waals surface area contributed by atoms with Crippen LogP contribution in [0, 0.1) is 0 Å². The molecule has 15 heavy (non-hydrogen) atoms. The van der Waals surface area contributed by atoms with Gasteiger partial charge in [-0.15, -0.1) is 24.2 Å². The summed E-state index contributed by atoms with van der Waals surface area (Å²) >= 11 is 2.01. The molecule has 0 aromatic heterocycles. The fourth-order valence-corrected chi connectivity index (χ4v) is 3.11. The van der Waals surface area contributed by atoms with Gasteiger partial charge in [0.25, 0.3) is 0 Å². The molecule has 1 saturated carbocycles. The Morgan fingerprint density at radius 3 is 2.20 bits per heavy atom. The standard InChI is InChI=1S/C12H17NS.ClH/c13-10-6-8-12(9-7-10)14-11-4-2-1-3-5-11;/h1-5,10,12H,6-9,13H2;1H. The molecular weight excluding hydrogens is 226 g/mol. The average Bonchev–Trinajstić information content (AvgIpc) is 2.23. The van der Waals surface area contributed by atoms with E-state index in [0.29, 0.717) is 6.04 Å². The Hall–Kier alpha value is -0.180. The summed E-state index contributed by atoms with van der Waals surface area (Å²) in [6.07, 6.45) is 4.95. The lowest BCUT2D eigenvalue weighted by atomic mass is 9.96. The van der Waals surface area contributed by atoms with Gasteiger partial charge in [0.05, 0.1) is 0 Å². The number of hydrogen-bond donors (Lipinski definition) is 1. The Labute approximate surface area is 102 Å². The Morgan fingerprint density at radius 2 is 1.60 bits per heavy atom. The maximum absolute atomic E-state index is 5.88. The number of hydrogen-bond acceptors (Lipinski definition) is 2. The van der Waals surface area contributed by atoms with Crippen LogP contribution in [0.4, 0.5) is 0 Å². The maximum atomic E-state index is 5.88. The average molecular weight is 244 g/mol. The number of rotatable bonds is 2. The van der Waals surface area contributed by atoms with Gasteiger partial charge in [-0.3, -0.25) is 0 Å². The summed E-state index contributed by atoms with van der Waals surface area (Å²) in [5.41, 5.74) is 5.88. The molecule has 0 spiro atoms. The molecule has 0 heterocycles. The minimum absolute atomic E-state index is 0. The monoisotopic (exact) mass is 243 g/mol. The number of halogens is 1. The van der Waals surface area contributed by atoms with Crippen molar-refractivity contribution in [2.45, 2.75) is 41.9 Å². The van der Waals surface area contributed by atoms with E-state index < -0.39 is 0 Å². The van der Waals surface area contributed by atoms with E-state index >= 15 is 0 Å². The van der Waals surface area contributed by atoms with Crippen LogP contribution in [-0.2, 0) is 0 Å². The molecule has 2 N–H and O–H groups in total. The number of benzene rings is 1. The van der Waals surface area contributed by atoms with Crippen LogP contribution >= 0.6 is 24.2 Å². The van der Waals surface area contributed by atoms with Crippen LogP contribution in [0.15, 0.2) is 35.2 Å². The van der Waals surface area contributed by atoms with Crippen LogP contribution in [0.3, 0.4) is 0 Å². The van der Waals surface area contributed by atoms with Crippen LogP contribution in [-0.4, -0.2) is 11.3 Å². The molecule has 1 aromatic carbocycles. The Balaban J connectivity index is 0.00000112. The molecule has 0 radical (unpaired) electrons. The highest BCUT2D eigenvalue weighted by molar-refractivity contribution is 8.00. The van der Waals surface area contributed by atoms with Crippen molar-refractivity contribution in [3.8, 4) is 0 Å². The Kier molecular flexibility index (Phi) is 5.51. The molecule has 1 aromatic rings. The van der Waals surface area contributed by atoms with Crippen molar-refractivity contribution in [2.75, 3.05) is 0 Å². The summed E-state index contributed by atoms with van der Waals surface area (Å²) in [6, 6.07) is 11.1. The Bertz CT molecular complexity index is 270. The van der Waals surface area contributed by atoms with E-state index in [1.54, 1.807) is 0 Å². The first kappa shape index (κ1) is 12.9. The normalized spacial score (nSPS) is 25.7. The lowest BCUT2D eigenvalue weighted by Crippen LogP contribution is -2.27. The van der Waals surface area contributed by atoms with E-state index in [9.17, 15) is 0 Å². The van der Waals surface area contributed by atoms with Gasteiger partial charge < -0.3 is 5.73 Å². The summed E-state index contributed by atoms with van der Waals surface area (Å²) < 4.78 is 0. The highest BCUT2D eigenvalue weighted by Crippen LogP contribution is 2.32. The van der Waals surface area contributed by atoms with E-state index in [2.05, 4.69) is 30.3 Å². The zero-order valence-corrected chi connectivity index (χ0v) is 10.4. The van der Waals surface area contributed by atoms with Crippen LogP contribution in [0.5, 0.6) is 0 Å². The van der Waals surface area contributed by atoms with E-state index in [1.165, 1.54) is 30.6 Å². The lowest BCUT2D eigenvalue weighted by molar-refractivity contribution is 0.451. The third-order valence-corrected chi connectivity index (χ3v) is 4.11.